The van der Waals surface area contributed by atoms with Gasteiger partial charge in [-0.05, 0) is 112 Å². The summed E-state index contributed by atoms with van der Waals surface area (Å²) < 4.78 is 17.0. The smallest absolute Gasteiger partial charge is 0.470 e. The minimum Gasteiger partial charge on any atom is -0.481 e. The fraction of sp³-hybridized carbons (Fsp3) is 0.353. The number of aliphatic hydroxyl groups excluding tert-OH is 1. The molecule has 14 heteroatoms. The zero-order valence-corrected chi connectivity index (χ0v) is 28.4. The van der Waals surface area contributed by atoms with Gasteiger partial charge in [0.05, 0.1) is 35.0 Å². The van der Waals surface area contributed by atoms with Gasteiger partial charge in [0, 0.05) is 46.0 Å². The van der Waals surface area contributed by atoms with Crippen molar-refractivity contribution in [3.63, 3.8) is 0 Å². The summed E-state index contributed by atoms with van der Waals surface area (Å²) in [7, 11) is -4.86. The second-order valence-electron chi connectivity index (χ2n) is 12.2. The highest BCUT2D eigenvalue weighted by Gasteiger charge is 2.26. The number of nitrogens with zero attached hydrogens (tertiary/aromatic N) is 2. The molecule has 2 aliphatic heterocycles. The van der Waals surface area contributed by atoms with Crippen molar-refractivity contribution in [1.82, 2.24) is 19.9 Å². The molecule has 7 N–H and O–H groups in total. The van der Waals surface area contributed by atoms with Gasteiger partial charge >= 0.3 is 19.8 Å². The first-order chi connectivity index (χ1) is 22.4. The monoisotopic (exact) mass is 678 g/mol. The van der Waals surface area contributed by atoms with E-state index in [0.29, 0.717) is 67.1 Å². The number of aliphatic hydroxyl groups is 1. The Morgan fingerprint density at radius 3 is 1.92 bits per heavy atom. The van der Waals surface area contributed by atoms with E-state index in [1.54, 1.807) is 39.0 Å². The van der Waals surface area contributed by atoms with E-state index >= 15 is 0 Å². The van der Waals surface area contributed by atoms with Crippen molar-refractivity contribution in [2.45, 2.75) is 79.4 Å². The van der Waals surface area contributed by atoms with Gasteiger partial charge in [-0.2, -0.15) is 0 Å². The molecule has 0 saturated heterocycles. The van der Waals surface area contributed by atoms with Crippen LogP contribution in [0.25, 0.3) is 44.4 Å². The zero-order valence-electron chi connectivity index (χ0n) is 27.5. The van der Waals surface area contributed by atoms with E-state index in [9.17, 15) is 39.3 Å². The fourth-order valence-electron chi connectivity index (χ4n) is 6.56. The van der Waals surface area contributed by atoms with Crippen LogP contribution in [0.5, 0.6) is 0 Å². The number of hydrogen-bond acceptors (Lipinski definition) is 7. The molecule has 0 aliphatic carbocycles. The Hall–Kier alpha value is -4.39. The lowest BCUT2D eigenvalue weighted by Crippen LogP contribution is -2.03. The van der Waals surface area contributed by atoms with Gasteiger partial charge in [0.1, 0.15) is 0 Å². The maximum atomic E-state index is 11.9. The summed E-state index contributed by atoms with van der Waals surface area (Å²) in [5.74, 6) is -1.91. The normalized spacial score (nSPS) is 14.9. The Morgan fingerprint density at radius 1 is 0.771 bits per heavy atom. The van der Waals surface area contributed by atoms with Gasteiger partial charge in [0.15, 0.2) is 0 Å². The molecule has 3 aromatic heterocycles. The van der Waals surface area contributed by atoms with Crippen LogP contribution < -0.4 is 0 Å². The number of phosphoric ester groups is 1. The molecule has 8 bridgehead atoms. The number of carboxylic acids is 2. The third kappa shape index (κ3) is 7.06. The number of carbonyl (C=O) groups is 2. The van der Waals surface area contributed by atoms with Gasteiger partial charge < -0.3 is 35.1 Å². The molecule has 5 rings (SSSR count). The number of fused-ring (bicyclic) bond motifs is 8. The van der Waals surface area contributed by atoms with Gasteiger partial charge in [-0.3, -0.25) is 14.1 Å². The number of allylic oxidation sites excluding steroid dienone is 3. The highest BCUT2D eigenvalue weighted by Crippen LogP contribution is 2.45. The quantitative estimate of drug-likeness (QED) is 0.119. The van der Waals surface area contributed by atoms with Crippen molar-refractivity contribution >= 4 is 64.1 Å². The Balaban J connectivity index is 1.95. The maximum absolute atomic E-state index is 11.9. The van der Waals surface area contributed by atoms with Gasteiger partial charge in [0.2, 0.25) is 0 Å². The number of phosphoric acid groups is 1. The average molecular weight is 679 g/mol. The largest absolute Gasteiger partial charge is 0.481 e. The minimum absolute atomic E-state index is 0.107. The SMILES string of the molecule is CC1=C(CCC(=O)O)c2cc3[nH]c(cc4nc(cc5[nH]c(cc1n2)c(C)c5C(C)OP(=O)(O)O)C(C)=C4C(C)O)c(C)c3CCC(=O)O. The third-order valence-corrected chi connectivity index (χ3v) is 9.52. The van der Waals surface area contributed by atoms with Crippen LogP contribution in [0.2, 0.25) is 0 Å². The highest BCUT2D eigenvalue weighted by atomic mass is 31.2. The molecular formula is C34H39N4O9P. The second-order valence-corrected chi connectivity index (χ2v) is 13.4. The van der Waals surface area contributed by atoms with Crippen LogP contribution in [0.4, 0.5) is 0 Å². The molecule has 48 heavy (non-hydrogen) atoms. The molecule has 0 radical (unpaired) electrons. The number of aromatic nitrogens is 4. The van der Waals surface area contributed by atoms with Crippen molar-refractivity contribution in [1.29, 1.82) is 0 Å². The number of nitrogens with one attached hydrogen (secondary N) is 2. The van der Waals surface area contributed by atoms with Crippen molar-refractivity contribution < 1.29 is 43.8 Å². The lowest BCUT2D eigenvalue weighted by atomic mass is 9.99. The molecule has 2 atom stereocenters. The molecule has 0 aromatic carbocycles. The molecule has 3 aromatic rings. The number of hydrogen-bond donors (Lipinski definition) is 7. The van der Waals surface area contributed by atoms with Gasteiger partial charge in [-0.1, -0.05) is 0 Å². The van der Waals surface area contributed by atoms with E-state index in [2.05, 4.69) is 9.97 Å². The summed E-state index contributed by atoms with van der Waals surface area (Å²) in [6.07, 6.45) is -1.72. The Bertz CT molecular complexity index is 2120. The number of H-pyrrole nitrogens is 2. The molecule has 2 unspecified atom stereocenters. The summed E-state index contributed by atoms with van der Waals surface area (Å²) >= 11 is 0. The van der Waals surface area contributed by atoms with Gasteiger partial charge in [-0.15, -0.1) is 0 Å². The Labute approximate surface area is 276 Å². The predicted octanol–water partition coefficient (Wildman–Crippen LogP) is 6.23. The third-order valence-electron chi connectivity index (χ3n) is 8.93. The lowest BCUT2D eigenvalue weighted by Gasteiger charge is -2.14. The highest BCUT2D eigenvalue weighted by molar-refractivity contribution is 7.46. The van der Waals surface area contributed by atoms with E-state index in [1.807, 2.05) is 26.8 Å². The molecule has 0 spiro atoms. The van der Waals surface area contributed by atoms with Crippen LogP contribution in [0.3, 0.4) is 0 Å². The average Bonchev–Trinajstić information content (AvgIpc) is 3.63. The van der Waals surface area contributed by atoms with Crippen LogP contribution >= 0.6 is 7.82 Å². The summed E-state index contributed by atoms with van der Waals surface area (Å²) in [5.41, 5.74) is 9.95. The summed E-state index contributed by atoms with van der Waals surface area (Å²) in [6.45, 7) is 10.5. The summed E-state index contributed by atoms with van der Waals surface area (Å²) in [4.78, 5) is 59.0. The summed E-state index contributed by atoms with van der Waals surface area (Å²) in [5, 5.41) is 29.8. The molecule has 13 nitrogen and oxygen atoms in total. The predicted molar refractivity (Wildman–Crippen MR) is 182 cm³/mol. The first kappa shape index (κ1) is 34.9. The number of aliphatic carboxylic acids is 2. The van der Waals surface area contributed by atoms with Crippen LogP contribution in [-0.4, -0.2) is 63.1 Å². The first-order valence-corrected chi connectivity index (χ1v) is 17.0. The molecular weight excluding hydrogens is 639 g/mol. The minimum atomic E-state index is -4.86. The molecule has 254 valence electrons. The Kier molecular flexibility index (Phi) is 9.64. The topological polar surface area (TPSA) is 219 Å². The number of aromatic amines is 2. The molecule has 2 aliphatic rings. The van der Waals surface area contributed by atoms with Gasteiger partial charge in [-0.25, -0.2) is 14.5 Å². The van der Waals surface area contributed by atoms with E-state index in [4.69, 9.17) is 14.5 Å². The van der Waals surface area contributed by atoms with E-state index < -0.39 is 32.0 Å². The second kappa shape index (κ2) is 13.3. The van der Waals surface area contributed by atoms with Crippen LogP contribution in [0.1, 0.15) is 98.1 Å². The maximum Gasteiger partial charge on any atom is 0.470 e. The van der Waals surface area contributed by atoms with Crippen LogP contribution in [0, 0.1) is 13.8 Å². The van der Waals surface area contributed by atoms with E-state index in [0.717, 1.165) is 22.3 Å². The van der Waals surface area contributed by atoms with Crippen LogP contribution in [0.15, 0.2) is 24.3 Å². The zero-order chi connectivity index (χ0) is 35.2. The molecule has 0 saturated carbocycles. The van der Waals surface area contributed by atoms with Crippen molar-refractivity contribution in [3.8, 4) is 0 Å². The molecule has 0 fully saturated rings. The standard InChI is InChI=1S/C34H39N4O9P/c1-15-21(7-9-31(40)41)27-14-28-22(8-10-32(42)43)16(2)24(36-28)12-29-33(19(5)39)17(3)26(37-29)13-30-34(20(6)47-48(44,45)46)18(4)25(38-30)11-23(15)35-27/h11-14,19-20,36,38-39H,7-10H2,1-6H3,(H,40,41)(H,42,43)(H2,44,45,46). The van der Waals surface area contributed by atoms with E-state index in [1.165, 1.54) is 0 Å². The number of rotatable bonds is 10. The molecule has 0 amide bonds. The first-order valence-electron chi connectivity index (χ1n) is 15.5. The summed E-state index contributed by atoms with van der Waals surface area (Å²) in [6, 6.07) is 7.15. The van der Waals surface area contributed by atoms with Crippen molar-refractivity contribution in [2.24, 2.45) is 0 Å². The molecule has 5 heterocycles. The number of aryl methyl sites for hydroxylation is 3. The number of carboxylic acid groups (broad SMARTS) is 2. The van der Waals surface area contributed by atoms with Crippen molar-refractivity contribution in [2.75, 3.05) is 0 Å². The van der Waals surface area contributed by atoms with E-state index in [-0.39, 0.29) is 25.7 Å². The lowest BCUT2D eigenvalue weighted by molar-refractivity contribution is -0.137. The van der Waals surface area contributed by atoms with Crippen LogP contribution in [-0.2, 0) is 25.1 Å². The van der Waals surface area contributed by atoms with Gasteiger partial charge in [0.25, 0.3) is 0 Å². The Morgan fingerprint density at radius 2 is 1.29 bits per heavy atom. The van der Waals surface area contributed by atoms with Crippen molar-refractivity contribution in [3.05, 3.63) is 69.3 Å². The fourth-order valence-corrected chi connectivity index (χ4v) is 7.08.